The second-order valence-corrected chi connectivity index (χ2v) is 7.26. The van der Waals surface area contributed by atoms with Crippen LogP contribution in [0.15, 0.2) is 42.5 Å². The molecule has 5 nitrogen and oxygen atoms in total. The van der Waals surface area contributed by atoms with Crippen molar-refractivity contribution in [3.05, 3.63) is 59.4 Å². The van der Waals surface area contributed by atoms with E-state index in [1.54, 1.807) is 38.1 Å². The molecule has 0 radical (unpaired) electrons. The molecule has 0 unspecified atom stereocenters. The molecule has 0 aliphatic carbocycles. The normalized spacial score (nSPS) is 11.1. The number of nitrogens with one attached hydrogen (secondary N) is 2. The highest BCUT2D eigenvalue weighted by Gasteiger charge is 2.12. The van der Waals surface area contributed by atoms with Crippen molar-refractivity contribution in [3.63, 3.8) is 0 Å². The molecule has 0 heterocycles. The van der Waals surface area contributed by atoms with Crippen LogP contribution in [0.5, 0.6) is 0 Å². The van der Waals surface area contributed by atoms with Crippen molar-refractivity contribution in [1.29, 1.82) is 0 Å². The zero-order valence-corrected chi connectivity index (χ0v) is 14.3. The van der Waals surface area contributed by atoms with Crippen LogP contribution in [0, 0.1) is 12.7 Å². The van der Waals surface area contributed by atoms with Gasteiger partial charge < -0.3 is 5.32 Å². The fourth-order valence-electron chi connectivity index (χ4n) is 2.15. The number of hydrogen-bond acceptors (Lipinski definition) is 3. The van der Waals surface area contributed by atoms with Gasteiger partial charge in [0.15, 0.2) is 0 Å². The molecular formula is C17H19FN2O3S. The molecule has 0 saturated carbocycles. The van der Waals surface area contributed by atoms with E-state index in [2.05, 4.69) is 10.0 Å². The molecule has 2 rings (SSSR count). The van der Waals surface area contributed by atoms with E-state index in [1.807, 2.05) is 0 Å². The number of benzene rings is 2. The van der Waals surface area contributed by atoms with E-state index in [4.69, 9.17) is 0 Å². The van der Waals surface area contributed by atoms with Crippen molar-refractivity contribution in [1.82, 2.24) is 0 Å². The van der Waals surface area contributed by atoms with Gasteiger partial charge in [-0.3, -0.25) is 9.52 Å². The molecule has 128 valence electrons. The Balaban J connectivity index is 2.19. The van der Waals surface area contributed by atoms with E-state index in [9.17, 15) is 17.6 Å². The fraction of sp³-hybridized carbons (Fsp3) is 0.235. The maximum absolute atomic E-state index is 13.3. The van der Waals surface area contributed by atoms with Gasteiger partial charge >= 0.3 is 0 Å². The lowest BCUT2D eigenvalue weighted by Crippen LogP contribution is -2.17. The van der Waals surface area contributed by atoms with Gasteiger partial charge in [-0.25, -0.2) is 12.8 Å². The third kappa shape index (κ3) is 4.79. The number of aryl methyl sites for hydroxylation is 1. The number of halogens is 1. The van der Waals surface area contributed by atoms with Crippen LogP contribution in [0.1, 0.15) is 29.3 Å². The van der Waals surface area contributed by atoms with Crippen LogP contribution >= 0.6 is 0 Å². The molecule has 0 aliphatic rings. The van der Waals surface area contributed by atoms with Gasteiger partial charge in [0.05, 0.1) is 5.75 Å². The summed E-state index contributed by atoms with van der Waals surface area (Å²) >= 11 is 0. The minimum Gasteiger partial charge on any atom is -0.322 e. The van der Waals surface area contributed by atoms with Crippen LogP contribution in [-0.2, 0) is 10.0 Å². The summed E-state index contributed by atoms with van der Waals surface area (Å²) in [4.78, 5) is 12.3. The Bertz CT molecular complexity index is 851. The third-order valence-electron chi connectivity index (χ3n) is 3.32. The molecule has 0 spiro atoms. The van der Waals surface area contributed by atoms with E-state index in [0.717, 1.165) is 5.56 Å². The van der Waals surface area contributed by atoms with Gasteiger partial charge in [-0.2, -0.15) is 0 Å². The van der Waals surface area contributed by atoms with Gasteiger partial charge in [-0.15, -0.1) is 0 Å². The van der Waals surface area contributed by atoms with Gasteiger partial charge in [0.2, 0.25) is 10.0 Å². The smallest absolute Gasteiger partial charge is 0.255 e. The zero-order chi connectivity index (χ0) is 17.7. The minimum absolute atomic E-state index is 0.00586. The molecule has 0 atom stereocenters. The predicted molar refractivity (Wildman–Crippen MR) is 93.2 cm³/mol. The molecule has 0 fully saturated rings. The highest BCUT2D eigenvalue weighted by atomic mass is 32.2. The molecule has 2 aromatic rings. The first-order valence-electron chi connectivity index (χ1n) is 7.49. The van der Waals surface area contributed by atoms with Gasteiger partial charge in [-0.05, 0) is 49.2 Å². The second-order valence-electron chi connectivity index (χ2n) is 5.42. The molecule has 0 aliphatic heterocycles. The Morgan fingerprint density at radius 2 is 1.92 bits per heavy atom. The van der Waals surface area contributed by atoms with Crippen LogP contribution in [0.25, 0.3) is 0 Å². The van der Waals surface area contributed by atoms with Crippen molar-refractivity contribution in [3.8, 4) is 0 Å². The highest BCUT2D eigenvalue weighted by molar-refractivity contribution is 7.92. The SMILES string of the molecule is CCCS(=O)(=O)Nc1cccc(C(=O)Nc2cc(F)ccc2C)c1. The van der Waals surface area contributed by atoms with Gasteiger partial charge in [0.25, 0.3) is 5.91 Å². The fourth-order valence-corrected chi connectivity index (χ4v) is 3.27. The lowest BCUT2D eigenvalue weighted by molar-refractivity contribution is 0.102. The quantitative estimate of drug-likeness (QED) is 0.837. The van der Waals surface area contributed by atoms with E-state index in [0.29, 0.717) is 17.8 Å². The largest absolute Gasteiger partial charge is 0.322 e. The predicted octanol–water partition coefficient (Wildman–Crippen LogP) is 3.54. The minimum atomic E-state index is -3.43. The summed E-state index contributed by atoms with van der Waals surface area (Å²) in [6.45, 7) is 3.52. The number of sulfonamides is 1. The molecule has 0 bridgehead atoms. The van der Waals surface area contributed by atoms with Crippen molar-refractivity contribution in [2.45, 2.75) is 20.3 Å². The Hall–Kier alpha value is -2.41. The summed E-state index contributed by atoms with van der Waals surface area (Å²) in [5.41, 5.74) is 1.68. The highest BCUT2D eigenvalue weighted by Crippen LogP contribution is 2.18. The van der Waals surface area contributed by atoms with Crippen molar-refractivity contribution in [2.24, 2.45) is 0 Å². The van der Waals surface area contributed by atoms with Crippen molar-refractivity contribution < 1.29 is 17.6 Å². The van der Waals surface area contributed by atoms with Crippen LogP contribution < -0.4 is 10.0 Å². The van der Waals surface area contributed by atoms with Crippen molar-refractivity contribution in [2.75, 3.05) is 15.8 Å². The molecule has 2 N–H and O–H groups in total. The maximum atomic E-state index is 13.3. The molecule has 0 aromatic heterocycles. The second kappa shape index (κ2) is 7.44. The third-order valence-corrected chi connectivity index (χ3v) is 4.81. The van der Waals surface area contributed by atoms with E-state index in [1.165, 1.54) is 18.2 Å². The van der Waals surface area contributed by atoms with Crippen molar-refractivity contribution >= 4 is 27.3 Å². The lowest BCUT2D eigenvalue weighted by atomic mass is 10.1. The summed E-state index contributed by atoms with van der Waals surface area (Å²) < 4.78 is 39.3. The number of amides is 1. The Labute approximate surface area is 141 Å². The van der Waals surface area contributed by atoms with E-state index < -0.39 is 21.7 Å². The lowest BCUT2D eigenvalue weighted by Gasteiger charge is -2.11. The molecule has 1 amide bonds. The molecule has 2 aromatic carbocycles. The van der Waals surface area contributed by atoms with Crippen LogP contribution in [0.2, 0.25) is 0 Å². The molecule has 0 saturated heterocycles. The Morgan fingerprint density at radius 1 is 1.17 bits per heavy atom. The molecular weight excluding hydrogens is 331 g/mol. The van der Waals surface area contributed by atoms with Gasteiger partial charge in [0.1, 0.15) is 5.82 Å². The van der Waals surface area contributed by atoms with E-state index in [-0.39, 0.29) is 11.3 Å². The topological polar surface area (TPSA) is 75.3 Å². The van der Waals surface area contributed by atoms with Gasteiger partial charge in [-0.1, -0.05) is 19.1 Å². The summed E-state index contributed by atoms with van der Waals surface area (Å²) in [6, 6.07) is 10.3. The number of rotatable bonds is 6. The first-order valence-corrected chi connectivity index (χ1v) is 9.14. The maximum Gasteiger partial charge on any atom is 0.255 e. The van der Waals surface area contributed by atoms with Gasteiger partial charge in [0, 0.05) is 16.9 Å². The molecule has 24 heavy (non-hydrogen) atoms. The summed E-state index contributed by atoms with van der Waals surface area (Å²) in [5.74, 6) is -0.886. The van der Waals surface area contributed by atoms with Crippen LogP contribution in [-0.4, -0.2) is 20.1 Å². The monoisotopic (exact) mass is 350 g/mol. The number of carbonyl (C=O) groups excluding carboxylic acids is 1. The standard InChI is InChI=1S/C17H19FN2O3S/c1-3-9-24(22,23)20-15-6-4-5-13(10-15)17(21)19-16-11-14(18)8-7-12(16)2/h4-8,10-11,20H,3,9H2,1-2H3,(H,19,21). The number of hydrogen-bond donors (Lipinski definition) is 2. The average molecular weight is 350 g/mol. The molecule has 7 heteroatoms. The summed E-state index contributed by atoms with van der Waals surface area (Å²) in [5, 5.41) is 2.63. The first-order chi connectivity index (χ1) is 11.3. The van der Waals surface area contributed by atoms with E-state index >= 15 is 0 Å². The Morgan fingerprint density at radius 3 is 2.62 bits per heavy atom. The summed E-state index contributed by atoms with van der Waals surface area (Å²) in [6.07, 6.45) is 0.494. The average Bonchev–Trinajstić information content (AvgIpc) is 2.50. The first kappa shape index (κ1) is 17.9. The zero-order valence-electron chi connectivity index (χ0n) is 13.5. The Kier molecular flexibility index (Phi) is 5.56. The summed E-state index contributed by atoms with van der Waals surface area (Å²) in [7, 11) is -3.43. The number of anilines is 2. The number of carbonyl (C=O) groups is 1. The van der Waals surface area contributed by atoms with Crippen LogP contribution in [0.3, 0.4) is 0 Å². The van der Waals surface area contributed by atoms with Crippen LogP contribution in [0.4, 0.5) is 15.8 Å².